The Morgan fingerprint density at radius 2 is 1.37 bits per heavy atom. The van der Waals surface area contributed by atoms with Crippen molar-refractivity contribution in [1.82, 2.24) is 9.97 Å². The molecular weight excluding hydrogens is 458 g/mol. The van der Waals surface area contributed by atoms with Gasteiger partial charge in [0.05, 0.1) is 28.7 Å². The van der Waals surface area contributed by atoms with E-state index in [4.69, 9.17) is 9.72 Å². The molecule has 0 amide bonds. The molecule has 4 aromatic carbocycles. The number of hydrogen-bond donors (Lipinski definition) is 1. The van der Waals surface area contributed by atoms with Crippen LogP contribution in [0.25, 0.3) is 22.2 Å². The number of nitrogens with one attached hydrogen (secondary N) is 1. The summed E-state index contributed by atoms with van der Waals surface area (Å²) in [5.41, 5.74) is 4.45. The van der Waals surface area contributed by atoms with Gasteiger partial charge < -0.3 is 10.1 Å². The zero-order valence-electron chi connectivity index (χ0n) is 19.0. The summed E-state index contributed by atoms with van der Waals surface area (Å²) in [4.78, 5) is 9.60. The molecule has 0 aliphatic carbocycles. The SMILES string of the molecule is COc1ccccc1-c1ccc(Nc2nc3ccccc3nc2CS(=O)(=O)c2ccccc2)cc1. The first-order chi connectivity index (χ1) is 17.0. The second-order valence-corrected chi connectivity index (χ2v) is 9.97. The molecule has 0 saturated carbocycles. The van der Waals surface area contributed by atoms with Gasteiger partial charge >= 0.3 is 0 Å². The third kappa shape index (κ3) is 4.85. The van der Waals surface area contributed by atoms with Crippen molar-refractivity contribution in [2.24, 2.45) is 0 Å². The number of ether oxygens (including phenoxy) is 1. The maximum absolute atomic E-state index is 13.1. The molecule has 0 atom stereocenters. The number of aromatic nitrogens is 2. The Morgan fingerprint density at radius 3 is 2.09 bits per heavy atom. The van der Waals surface area contributed by atoms with Crippen LogP contribution in [0.1, 0.15) is 5.69 Å². The van der Waals surface area contributed by atoms with Crippen molar-refractivity contribution in [2.75, 3.05) is 12.4 Å². The minimum atomic E-state index is -3.60. The molecule has 5 rings (SSSR count). The molecule has 6 nitrogen and oxygen atoms in total. The van der Waals surface area contributed by atoms with E-state index in [2.05, 4.69) is 10.3 Å². The smallest absolute Gasteiger partial charge is 0.184 e. The number of benzene rings is 4. The molecule has 5 aromatic rings. The van der Waals surface area contributed by atoms with Crippen LogP contribution in [0.3, 0.4) is 0 Å². The van der Waals surface area contributed by atoms with Gasteiger partial charge in [-0.05, 0) is 48.0 Å². The lowest BCUT2D eigenvalue weighted by molar-refractivity contribution is 0.416. The molecule has 0 saturated heterocycles. The van der Waals surface area contributed by atoms with Gasteiger partial charge in [-0.15, -0.1) is 0 Å². The van der Waals surface area contributed by atoms with E-state index in [0.717, 1.165) is 22.6 Å². The lowest BCUT2D eigenvalue weighted by atomic mass is 10.0. The highest BCUT2D eigenvalue weighted by Gasteiger charge is 2.20. The molecule has 0 radical (unpaired) electrons. The Balaban J connectivity index is 1.50. The first-order valence-electron chi connectivity index (χ1n) is 11.1. The summed E-state index contributed by atoms with van der Waals surface area (Å²) in [5.74, 6) is 0.937. The molecule has 0 aliphatic heterocycles. The van der Waals surface area contributed by atoms with Crippen LogP contribution in [0, 0.1) is 0 Å². The molecule has 35 heavy (non-hydrogen) atoms. The van der Waals surface area contributed by atoms with Gasteiger partial charge in [0.15, 0.2) is 15.7 Å². The Labute approximate surface area is 204 Å². The van der Waals surface area contributed by atoms with E-state index in [-0.39, 0.29) is 10.6 Å². The maximum Gasteiger partial charge on any atom is 0.184 e. The highest BCUT2D eigenvalue weighted by atomic mass is 32.2. The summed E-state index contributed by atoms with van der Waals surface area (Å²) < 4.78 is 31.7. The van der Waals surface area contributed by atoms with Gasteiger partial charge in [-0.2, -0.15) is 0 Å². The van der Waals surface area contributed by atoms with Crippen molar-refractivity contribution in [3.63, 3.8) is 0 Å². The number of anilines is 2. The Bertz CT molecular complexity index is 1590. The van der Waals surface area contributed by atoms with Crippen LogP contribution in [0.5, 0.6) is 5.75 Å². The summed E-state index contributed by atoms with van der Waals surface area (Å²) in [7, 11) is -1.95. The molecule has 1 N–H and O–H groups in total. The first-order valence-corrected chi connectivity index (χ1v) is 12.7. The van der Waals surface area contributed by atoms with E-state index < -0.39 is 9.84 Å². The molecule has 1 aromatic heterocycles. The monoisotopic (exact) mass is 481 g/mol. The molecule has 0 spiro atoms. The van der Waals surface area contributed by atoms with Crippen molar-refractivity contribution in [1.29, 1.82) is 0 Å². The van der Waals surface area contributed by atoms with E-state index in [0.29, 0.717) is 22.5 Å². The van der Waals surface area contributed by atoms with Gasteiger partial charge in [-0.3, -0.25) is 0 Å². The second-order valence-electron chi connectivity index (χ2n) is 7.98. The van der Waals surface area contributed by atoms with Crippen LogP contribution in [0.2, 0.25) is 0 Å². The number of nitrogens with zero attached hydrogens (tertiary/aromatic N) is 2. The highest BCUT2D eigenvalue weighted by molar-refractivity contribution is 7.90. The third-order valence-corrected chi connectivity index (χ3v) is 7.28. The fourth-order valence-corrected chi connectivity index (χ4v) is 5.18. The predicted octanol–water partition coefficient (Wildman–Crippen LogP) is 6.02. The van der Waals surface area contributed by atoms with Gasteiger partial charge in [0, 0.05) is 11.3 Å². The Kier molecular flexibility index (Phi) is 6.16. The van der Waals surface area contributed by atoms with Crippen molar-refractivity contribution >= 4 is 32.4 Å². The van der Waals surface area contributed by atoms with E-state index in [1.54, 1.807) is 37.4 Å². The summed E-state index contributed by atoms with van der Waals surface area (Å²) in [6, 6.07) is 31.4. The molecule has 0 bridgehead atoms. The zero-order valence-corrected chi connectivity index (χ0v) is 19.9. The summed E-state index contributed by atoms with van der Waals surface area (Å²) in [6.07, 6.45) is 0. The summed E-state index contributed by atoms with van der Waals surface area (Å²) in [6.45, 7) is 0. The largest absolute Gasteiger partial charge is 0.496 e. The van der Waals surface area contributed by atoms with Gasteiger partial charge in [-0.1, -0.05) is 60.7 Å². The van der Waals surface area contributed by atoms with Crippen LogP contribution in [0.4, 0.5) is 11.5 Å². The van der Waals surface area contributed by atoms with E-state index in [1.165, 1.54) is 0 Å². The zero-order chi connectivity index (χ0) is 24.3. The highest BCUT2D eigenvalue weighted by Crippen LogP contribution is 2.31. The van der Waals surface area contributed by atoms with Crippen LogP contribution in [-0.2, 0) is 15.6 Å². The topological polar surface area (TPSA) is 81.2 Å². The predicted molar refractivity (Wildman–Crippen MR) is 139 cm³/mol. The minimum Gasteiger partial charge on any atom is -0.496 e. The average molecular weight is 482 g/mol. The van der Waals surface area contributed by atoms with Crippen LogP contribution >= 0.6 is 0 Å². The number of rotatable bonds is 7. The van der Waals surface area contributed by atoms with Gasteiger partial charge in [0.1, 0.15) is 11.5 Å². The third-order valence-electron chi connectivity index (χ3n) is 5.64. The molecule has 7 heteroatoms. The Hall–Kier alpha value is -4.23. The molecule has 0 aliphatic rings. The first kappa shape index (κ1) is 22.6. The van der Waals surface area contributed by atoms with Crippen molar-refractivity contribution < 1.29 is 13.2 Å². The van der Waals surface area contributed by atoms with Gasteiger partial charge in [0.25, 0.3) is 0 Å². The van der Waals surface area contributed by atoms with Crippen molar-refractivity contribution in [2.45, 2.75) is 10.6 Å². The second kappa shape index (κ2) is 9.56. The maximum atomic E-state index is 13.1. The molecule has 1 heterocycles. The lowest BCUT2D eigenvalue weighted by Gasteiger charge is -2.13. The van der Waals surface area contributed by atoms with E-state index >= 15 is 0 Å². The average Bonchev–Trinajstić information content (AvgIpc) is 2.90. The number of para-hydroxylation sites is 3. The molecule has 174 valence electrons. The lowest BCUT2D eigenvalue weighted by Crippen LogP contribution is -2.10. The van der Waals surface area contributed by atoms with Gasteiger partial charge in [-0.25, -0.2) is 18.4 Å². The van der Waals surface area contributed by atoms with E-state index in [9.17, 15) is 8.42 Å². The van der Waals surface area contributed by atoms with Gasteiger partial charge in [0.2, 0.25) is 0 Å². The quantitative estimate of drug-likeness (QED) is 0.306. The van der Waals surface area contributed by atoms with Crippen LogP contribution < -0.4 is 10.1 Å². The molecular formula is C28H23N3O3S. The molecule has 0 fully saturated rings. The number of methoxy groups -OCH3 is 1. The summed E-state index contributed by atoms with van der Waals surface area (Å²) >= 11 is 0. The summed E-state index contributed by atoms with van der Waals surface area (Å²) in [5, 5.41) is 3.28. The number of sulfone groups is 1. The fraction of sp³-hybridized carbons (Fsp3) is 0.0714. The molecule has 0 unspecified atom stereocenters. The normalized spacial score (nSPS) is 11.3. The van der Waals surface area contributed by atoms with Crippen LogP contribution in [-0.4, -0.2) is 25.5 Å². The van der Waals surface area contributed by atoms with Crippen LogP contribution in [0.15, 0.2) is 108 Å². The number of fused-ring (bicyclic) bond motifs is 1. The minimum absolute atomic E-state index is 0.252. The van der Waals surface area contributed by atoms with Crippen molar-refractivity contribution in [3.8, 4) is 16.9 Å². The Morgan fingerprint density at radius 1 is 0.743 bits per heavy atom. The fourth-order valence-electron chi connectivity index (χ4n) is 3.88. The van der Waals surface area contributed by atoms with Crippen molar-refractivity contribution in [3.05, 3.63) is 109 Å². The van der Waals surface area contributed by atoms with E-state index in [1.807, 2.05) is 72.8 Å². The number of hydrogen-bond acceptors (Lipinski definition) is 6. The standard InChI is InChI=1S/C28H23N3O3S/c1-34-27-14-8-5-11-23(27)20-15-17-21(18-16-20)29-28-26(30-24-12-6-7-13-25(24)31-28)19-35(32,33)22-9-3-2-4-10-22/h2-18H,19H2,1H3,(H,29,31).